The molecular weight excluding hydrogens is 587 g/mol. The number of aldehydes is 1. The Morgan fingerprint density at radius 2 is 1.31 bits per heavy atom. The van der Waals surface area contributed by atoms with E-state index in [1.54, 1.807) is 31.2 Å². The number of allylic oxidation sites excluding steroid dienone is 2. The van der Waals surface area contributed by atoms with Crippen molar-refractivity contribution in [2.45, 2.75) is 47.0 Å². The monoisotopic (exact) mass is 629 g/mol. The standard InChI is InChI=1S/C45H43NO2/c1-9-12-35-26-41(19-13-30(35)4)46(40-21-17-39(18-22-40)45(6,7)8)42-20-16-36-24-32(14-15-37(36)27-42)23-31(5)44(48)43-28-34(11-3)33(10-2)25-38(43)29-47/h9-29H,2-3H2,1,4-8H3/b12-9-,31-23?. The third-order valence-corrected chi connectivity index (χ3v) is 8.77. The van der Waals surface area contributed by atoms with E-state index in [1.807, 2.05) is 19.1 Å². The third kappa shape index (κ3) is 7.06. The molecule has 0 saturated carbocycles. The van der Waals surface area contributed by atoms with Crippen molar-refractivity contribution in [1.29, 1.82) is 0 Å². The van der Waals surface area contributed by atoms with Gasteiger partial charge < -0.3 is 4.90 Å². The summed E-state index contributed by atoms with van der Waals surface area (Å²) in [6, 6.07) is 31.5. The van der Waals surface area contributed by atoms with Crippen LogP contribution in [0, 0.1) is 6.92 Å². The van der Waals surface area contributed by atoms with Crippen LogP contribution in [0.5, 0.6) is 0 Å². The molecule has 0 aliphatic rings. The number of rotatable bonds is 10. The van der Waals surface area contributed by atoms with Gasteiger partial charge in [0.2, 0.25) is 0 Å². The van der Waals surface area contributed by atoms with Gasteiger partial charge in [-0.05, 0) is 137 Å². The van der Waals surface area contributed by atoms with E-state index in [9.17, 15) is 9.59 Å². The van der Waals surface area contributed by atoms with Gasteiger partial charge in [0.15, 0.2) is 12.1 Å². The maximum Gasteiger partial charge on any atom is 0.189 e. The molecular formula is C45H43NO2. The first-order chi connectivity index (χ1) is 23.0. The molecule has 3 nitrogen and oxygen atoms in total. The van der Waals surface area contributed by atoms with Crippen LogP contribution in [0.1, 0.15) is 88.7 Å². The highest BCUT2D eigenvalue weighted by Gasteiger charge is 2.18. The predicted octanol–water partition coefficient (Wildman–Crippen LogP) is 12.3. The Hall–Kier alpha value is -5.54. The van der Waals surface area contributed by atoms with Gasteiger partial charge >= 0.3 is 0 Å². The number of hydrogen-bond donors (Lipinski definition) is 0. The van der Waals surface area contributed by atoms with E-state index in [4.69, 9.17) is 0 Å². The average Bonchev–Trinajstić information content (AvgIpc) is 3.08. The van der Waals surface area contributed by atoms with E-state index >= 15 is 0 Å². The number of carbonyl (C=O) groups excluding carboxylic acids is 2. The highest BCUT2D eigenvalue weighted by atomic mass is 16.1. The summed E-state index contributed by atoms with van der Waals surface area (Å²) >= 11 is 0. The molecule has 5 aromatic rings. The maximum absolute atomic E-state index is 13.5. The third-order valence-electron chi connectivity index (χ3n) is 8.77. The number of benzene rings is 5. The zero-order valence-electron chi connectivity index (χ0n) is 28.8. The minimum atomic E-state index is -0.199. The Labute approximate surface area is 285 Å². The minimum absolute atomic E-state index is 0.0613. The molecule has 0 unspecified atom stereocenters. The smallest absolute Gasteiger partial charge is 0.189 e. The zero-order chi connectivity index (χ0) is 34.6. The molecule has 0 spiro atoms. The van der Waals surface area contributed by atoms with Gasteiger partial charge in [-0.2, -0.15) is 0 Å². The van der Waals surface area contributed by atoms with Gasteiger partial charge in [0.25, 0.3) is 0 Å². The summed E-state index contributed by atoms with van der Waals surface area (Å²) in [6.07, 6.45) is 10.1. The topological polar surface area (TPSA) is 37.4 Å². The number of aryl methyl sites for hydroxylation is 1. The normalized spacial score (nSPS) is 11.9. The van der Waals surface area contributed by atoms with Gasteiger partial charge in [0, 0.05) is 28.2 Å². The molecule has 0 saturated heterocycles. The number of hydrogen-bond acceptors (Lipinski definition) is 3. The Kier molecular flexibility index (Phi) is 9.91. The van der Waals surface area contributed by atoms with Crippen molar-refractivity contribution in [3.8, 4) is 0 Å². The van der Waals surface area contributed by atoms with Crippen molar-refractivity contribution >= 4 is 64.2 Å². The van der Waals surface area contributed by atoms with Crippen LogP contribution >= 0.6 is 0 Å². The molecule has 0 aliphatic carbocycles. The average molecular weight is 630 g/mol. The Morgan fingerprint density at radius 3 is 1.96 bits per heavy atom. The molecule has 0 N–H and O–H groups in total. The zero-order valence-corrected chi connectivity index (χ0v) is 28.8. The fraction of sp³-hybridized carbons (Fsp3) is 0.156. The van der Waals surface area contributed by atoms with Crippen molar-refractivity contribution in [2.75, 3.05) is 4.90 Å². The lowest BCUT2D eigenvalue weighted by Crippen LogP contribution is -2.13. The molecule has 0 fully saturated rings. The van der Waals surface area contributed by atoms with E-state index in [0.717, 1.165) is 44.5 Å². The molecule has 5 rings (SSSR count). The number of nitrogens with zero attached hydrogens (tertiary/aromatic N) is 1. The quantitative estimate of drug-likeness (QED) is 0.0876. The second-order valence-corrected chi connectivity index (χ2v) is 13.2. The van der Waals surface area contributed by atoms with E-state index in [-0.39, 0.29) is 11.2 Å². The lowest BCUT2D eigenvalue weighted by atomic mass is 9.87. The molecule has 0 heterocycles. The van der Waals surface area contributed by atoms with Gasteiger partial charge in [0.05, 0.1) is 0 Å². The van der Waals surface area contributed by atoms with Crippen molar-refractivity contribution in [2.24, 2.45) is 0 Å². The lowest BCUT2D eigenvalue weighted by molar-refractivity contribution is 0.102. The van der Waals surface area contributed by atoms with Crippen LogP contribution in [0.4, 0.5) is 17.1 Å². The van der Waals surface area contributed by atoms with Crippen LogP contribution in [0.15, 0.2) is 116 Å². The summed E-state index contributed by atoms with van der Waals surface area (Å²) in [7, 11) is 0. The number of Topliss-reactive ketones (excluding diaryl/α,β-unsaturated/α-hetero) is 1. The second kappa shape index (κ2) is 14.1. The van der Waals surface area contributed by atoms with Gasteiger partial charge in [0.1, 0.15) is 0 Å². The molecule has 3 heteroatoms. The summed E-state index contributed by atoms with van der Waals surface area (Å²) in [5.74, 6) is -0.199. The molecule has 0 aromatic heterocycles. The van der Waals surface area contributed by atoms with Crippen molar-refractivity contribution in [1.82, 2.24) is 0 Å². The molecule has 0 atom stereocenters. The van der Waals surface area contributed by atoms with Crippen molar-refractivity contribution in [3.63, 3.8) is 0 Å². The highest BCUT2D eigenvalue weighted by Crippen LogP contribution is 2.38. The Balaban J connectivity index is 1.54. The lowest BCUT2D eigenvalue weighted by Gasteiger charge is -2.28. The van der Waals surface area contributed by atoms with E-state index in [0.29, 0.717) is 23.0 Å². The van der Waals surface area contributed by atoms with E-state index in [2.05, 4.69) is 131 Å². The number of carbonyl (C=O) groups is 2. The van der Waals surface area contributed by atoms with Crippen LogP contribution in [0.2, 0.25) is 0 Å². The van der Waals surface area contributed by atoms with E-state index in [1.165, 1.54) is 16.7 Å². The highest BCUT2D eigenvalue weighted by molar-refractivity contribution is 6.15. The summed E-state index contributed by atoms with van der Waals surface area (Å²) in [6.45, 7) is 20.3. The first-order valence-corrected chi connectivity index (χ1v) is 16.3. The molecule has 0 bridgehead atoms. The second-order valence-electron chi connectivity index (χ2n) is 13.2. The Morgan fingerprint density at radius 1 is 0.708 bits per heavy atom. The van der Waals surface area contributed by atoms with Gasteiger partial charge in [-0.1, -0.05) is 94.6 Å². The van der Waals surface area contributed by atoms with Crippen molar-refractivity contribution < 1.29 is 9.59 Å². The first kappa shape index (κ1) is 33.8. The van der Waals surface area contributed by atoms with Crippen molar-refractivity contribution in [3.05, 3.63) is 160 Å². The van der Waals surface area contributed by atoms with Crippen LogP contribution in [0.3, 0.4) is 0 Å². The van der Waals surface area contributed by atoms with Gasteiger partial charge in [-0.3, -0.25) is 9.59 Å². The summed E-state index contributed by atoms with van der Waals surface area (Å²) < 4.78 is 0. The first-order valence-electron chi connectivity index (χ1n) is 16.3. The van der Waals surface area contributed by atoms with Gasteiger partial charge in [-0.25, -0.2) is 0 Å². The largest absolute Gasteiger partial charge is 0.310 e. The van der Waals surface area contributed by atoms with E-state index < -0.39 is 0 Å². The number of fused-ring (bicyclic) bond motifs is 1. The number of anilines is 3. The van der Waals surface area contributed by atoms with Crippen LogP contribution in [-0.2, 0) is 5.41 Å². The summed E-state index contributed by atoms with van der Waals surface area (Å²) in [5, 5.41) is 2.15. The maximum atomic E-state index is 13.5. The summed E-state index contributed by atoms with van der Waals surface area (Å²) in [4.78, 5) is 27.7. The van der Waals surface area contributed by atoms with Gasteiger partial charge in [-0.15, -0.1) is 0 Å². The molecule has 0 amide bonds. The summed E-state index contributed by atoms with van der Waals surface area (Å²) in [5.41, 5.74) is 10.6. The molecule has 240 valence electrons. The minimum Gasteiger partial charge on any atom is -0.310 e. The fourth-order valence-corrected chi connectivity index (χ4v) is 5.99. The molecule has 5 aromatic carbocycles. The van der Waals surface area contributed by atoms with Crippen LogP contribution < -0.4 is 4.90 Å². The molecule has 0 radical (unpaired) electrons. The van der Waals surface area contributed by atoms with Crippen LogP contribution in [0.25, 0.3) is 35.1 Å². The molecule has 48 heavy (non-hydrogen) atoms. The fourth-order valence-electron chi connectivity index (χ4n) is 5.99. The number of ketones is 1. The SMILES string of the molecule is C=Cc1cc(C=O)c(C(=O)C(C)=Cc2ccc3cc(N(c4ccc(C(C)(C)C)cc4)c4ccc(C)c(/C=C\C)c4)ccc3c2)cc1C=C. The Bertz CT molecular complexity index is 2100. The predicted molar refractivity (Wildman–Crippen MR) is 207 cm³/mol. The molecule has 0 aliphatic heterocycles. The van der Waals surface area contributed by atoms with Crippen LogP contribution in [-0.4, -0.2) is 12.1 Å².